The van der Waals surface area contributed by atoms with E-state index in [0.29, 0.717) is 6.04 Å². The third-order valence-electron chi connectivity index (χ3n) is 3.76. The highest BCUT2D eigenvalue weighted by molar-refractivity contribution is 5.21. The van der Waals surface area contributed by atoms with Gasteiger partial charge in [-0.15, -0.1) is 0 Å². The van der Waals surface area contributed by atoms with Crippen LogP contribution in [-0.2, 0) is 6.42 Å². The Balaban J connectivity index is 1.86. The highest BCUT2D eigenvalue weighted by Crippen LogP contribution is 2.23. The van der Waals surface area contributed by atoms with Gasteiger partial charge >= 0.3 is 0 Å². The summed E-state index contributed by atoms with van der Waals surface area (Å²) in [6, 6.07) is 11.8. The zero-order valence-electron chi connectivity index (χ0n) is 11.4. The Morgan fingerprint density at radius 1 is 1.32 bits per heavy atom. The van der Waals surface area contributed by atoms with Gasteiger partial charge in [-0.2, -0.15) is 0 Å². The number of nitrogens with one attached hydrogen (secondary N) is 1. The molecule has 1 fully saturated rings. The molecular weight excluding hydrogens is 234 g/mol. The van der Waals surface area contributed by atoms with Crippen molar-refractivity contribution in [2.24, 2.45) is 0 Å². The van der Waals surface area contributed by atoms with Crippen molar-refractivity contribution in [2.75, 3.05) is 6.54 Å². The van der Waals surface area contributed by atoms with Gasteiger partial charge in [0.2, 0.25) is 0 Å². The normalized spacial score (nSPS) is 16.5. The molecule has 0 aliphatic heterocycles. The minimum Gasteiger partial charge on any atom is -0.326 e. The number of hydrogen-bond donors (Lipinski definition) is 1. The third-order valence-corrected chi connectivity index (χ3v) is 3.76. The predicted octanol–water partition coefficient (Wildman–Crippen LogP) is 2.79. The Morgan fingerprint density at radius 3 is 2.79 bits per heavy atom. The molecule has 1 unspecified atom stereocenters. The molecular formula is C16H21N3. The quantitative estimate of drug-likeness (QED) is 0.860. The molecule has 0 radical (unpaired) electrons. The lowest BCUT2D eigenvalue weighted by Crippen LogP contribution is -2.28. The van der Waals surface area contributed by atoms with Crippen molar-refractivity contribution in [3.05, 3.63) is 54.1 Å². The van der Waals surface area contributed by atoms with Crippen LogP contribution in [0.4, 0.5) is 0 Å². The summed E-state index contributed by atoms with van der Waals surface area (Å²) >= 11 is 0. The standard InChI is InChI=1S/C16H21N3/c1-2-16-17-10-11-19(16)15(12-18-14-8-9-14)13-6-4-3-5-7-13/h3-7,10-11,14-15,18H,2,8-9,12H2,1H3. The molecule has 0 saturated heterocycles. The lowest BCUT2D eigenvalue weighted by molar-refractivity contribution is 0.504. The zero-order chi connectivity index (χ0) is 13.1. The molecule has 0 bridgehead atoms. The molecule has 0 amide bonds. The summed E-state index contributed by atoms with van der Waals surface area (Å²) in [5, 5.41) is 3.65. The molecule has 1 aliphatic rings. The molecule has 1 aliphatic carbocycles. The molecule has 1 heterocycles. The Labute approximate surface area is 114 Å². The van der Waals surface area contributed by atoms with Gasteiger partial charge in [-0.25, -0.2) is 4.98 Å². The number of rotatable bonds is 6. The van der Waals surface area contributed by atoms with Gasteiger partial charge in [0.15, 0.2) is 0 Å². The van der Waals surface area contributed by atoms with Gasteiger partial charge in [0, 0.05) is 31.4 Å². The Kier molecular flexibility index (Phi) is 3.65. The molecule has 1 aromatic carbocycles. The van der Waals surface area contributed by atoms with Crippen LogP contribution >= 0.6 is 0 Å². The van der Waals surface area contributed by atoms with E-state index >= 15 is 0 Å². The summed E-state index contributed by atoms with van der Waals surface area (Å²) in [6.45, 7) is 3.15. The fourth-order valence-corrected chi connectivity index (χ4v) is 2.52. The van der Waals surface area contributed by atoms with E-state index in [-0.39, 0.29) is 0 Å². The minimum atomic E-state index is 0.347. The maximum atomic E-state index is 4.46. The zero-order valence-corrected chi connectivity index (χ0v) is 11.4. The Bertz CT molecular complexity index is 514. The second-order valence-electron chi connectivity index (χ2n) is 5.21. The first-order valence-corrected chi connectivity index (χ1v) is 7.18. The van der Waals surface area contributed by atoms with E-state index < -0.39 is 0 Å². The van der Waals surface area contributed by atoms with E-state index in [9.17, 15) is 0 Å². The van der Waals surface area contributed by atoms with Crippen LogP contribution in [0.3, 0.4) is 0 Å². The first kappa shape index (κ1) is 12.4. The molecule has 1 saturated carbocycles. The van der Waals surface area contributed by atoms with Crippen LogP contribution in [0.15, 0.2) is 42.7 Å². The number of hydrogen-bond acceptors (Lipinski definition) is 2. The van der Waals surface area contributed by atoms with Crippen molar-refractivity contribution in [1.82, 2.24) is 14.9 Å². The Morgan fingerprint density at radius 2 is 2.11 bits per heavy atom. The van der Waals surface area contributed by atoms with Crippen molar-refractivity contribution in [3.8, 4) is 0 Å². The topological polar surface area (TPSA) is 29.9 Å². The van der Waals surface area contributed by atoms with E-state index in [1.165, 1.54) is 18.4 Å². The maximum Gasteiger partial charge on any atom is 0.108 e. The fraction of sp³-hybridized carbons (Fsp3) is 0.438. The summed E-state index contributed by atoms with van der Waals surface area (Å²) in [5.41, 5.74) is 1.35. The van der Waals surface area contributed by atoms with E-state index in [2.05, 4.69) is 58.3 Å². The summed E-state index contributed by atoms with van der Waals surface area (Å²) < 4.78 is 2.31. The minimum absolute atomic E-state index is 0.347. The molecule has 100 valence electrons. The number of aromatic nitrogens is 2. The molecule has 1 atom stereocenters. The summed E-state index contributed by atoms with van der Waals surface area (Å²) in [6.07, 6.45) is 7.63. The SMILES string of the molecule is CCc1nccn1C(CNC1CC1)c1ccccc1. The van der Waals surface area contributed by atoms with Gasteiger partial charge in [0.1, 0.15) is 5.82 Å². The molecule has 3 rings (SSSR count). The first-order chi connectivity index (χ1) is 9.38. The monoisotopic (exact) mass is 255 g/mol. The first-order valence-electron chi connectivity index (χ1n) is 7.18. The van der Waals surface area contributed by atoms with Crippen LogP contribution in [0.1, 0.15) is 37.2 Å². The molecule has 19 heavy (non-hydrogen) atoms. The van der Waals surface area contributed by atoms with Crippen molar-refractivity contribution in [3.63, 3.8) is 0 Å². The van der Waals surface area contributed by atoms with Crippen LogP contribution in [-0.4, -0.2) is 22.1 Å². The summed E-state index contributed by atoms with van der Waals surface area (Å²) in [4.78, 5) is 4.46. The average molecular weight is 255 g/mol. The van der Waals surface area contributed by atoms with Gasteiger partial charge in [0.05, 0.1) is 6.04 Å². The second-order valence-corrected chi connectivity index (χ2v) is 5.21. The van der Waals surface area contributed by atoms with Crippen LogP contribution in [0.25, 0.3) is 0 Å². The van der Waals surface area contributed by atoms with Gasteiger partial charge < -0.3 is 9.88 Å². The number of imidazole rings is 1. The van der Waals surface area contributed by atoms with Gasteiger partial charge in [-0.05, 0) is 18.4 Å². The lowest BCUT2D eigenvalue weighted by Gasteiger charge is -2.22. The average Bonchev–Trinajstić information content (AvgIpc) is 3.17. The molecule has 2 aromatic rings. The number of nitrogens with zero attached hydrogens (tertiary/aromatic N) is 2. The maximum absolute atomic E-state index is 4.46. The largest absolute Gasteiger partial charge is 0.326 e. The van der Waals surface area contributed by atoms with E-state index in [1.807, 2.05) is 6.20 Å². The van der Waals surface area contributed by atoms with Crippen LogP contribution in [0.5, 0.6) is 0 Å². The second kappa shape index (κ2) is 5.57. The molecule has 1 aromatic heterocycles. The summed E-state index contributed by atoms with van der Waals surface area (Å²) in [5.74, 6) is 1.16. The van der Waals surface area contributed by atoms with E-state index in [4.69, 9.17) is 0 Å². The van der Waals surface area contributed by atoms with Crippen molar-refractivity contribution in [2.45, 2.75) is 38.3 Å². The van der Waals surface area contributed by atoms with Gasteiger partial charge in [0.25, 0.3) is 0 Å². The Hall–Kier alpha value is -1.61. The van der Waals surface area contributed by atoms with Crippen molar-refractivity contribution in [1.29, 1.82) is 0 Å². The molecule has 0 spiro atoms. The van der Waals surface area contributed by atoms with Crippen LogP contribution in [0.2, 0.25) is 0 Å². The highest BCUT2D eigenvalue weighted by atomic mass is 15.1. The van der Waals surface area contributed by atoms with Crippen LogP contribution < -0.4 is 5.32 Å². The molecule has 3 heteroatoms. The highest BCUT2D eigenvalue weighted by Gasteiger charge is 2.23. The third kappa shape index (κ3) is 2.87. The van der Waals surface area contributed by atoms with Gasteiger partial charge in [-0.1, -0.05) is 37.3 Å². The van der Waals surface area contributed by atoms with E-state index in [1.54, 1.807) is 0 Å². The molecule has 3 nitrogen and oxygen atoms in total. The summed E-state index contributed by atoms with van der Waals surface area (Å²) in [7, 11) is 0. The number of benzene rings is 1. The van der Waals surface area contributed by atoms with Gasteiger partial charge in [-0.3, -0.25) is 0 Å². The van der Waals surface area contributed by atoms with E-state index in [0.717, 1.165) is 24.8 Å². The van der Waals surface area contributed by atoms with Crippen LogP contribution in [0, 0.1) is 0 Å². The smallest absolute Gasteiger partial charge is 0.108 e. The predicted molar refractivity (Wildman–Crippen MR) is 77.2 cm³/mol. The molecule has 1 N–H and O–H groups in total. The fourth-order valence-electron chi connectivity index (χ4n) is 2.52. The van der Waals surface area contributed by atoms with Crippen molar-refractivity contribution >= 4 is 0 Å². The lowest BCUT2D eigenvalue weighted by atomic mass is 10.1. The number of aryl methyl sites for hydroxylation is 1. The van der Waals surface area contributed by atoms with Crippen molar-refractivity contribution < 1.29 is 0 Å².